The minimum absolute atomic E-state index is 0.0845. The summed E-state index contributed by atoms with van der Waals surface area (Å²) < 4.78 is 2.18. The van der Waals surface area contributed by atoms with Crippen molar-refractivity contribution >= 4 is 16.8 Å². The molecule has 0 N–H and O–H groups in total. The zero-order valence-corrected chi connectivity index (χ0v) is 18.6. The Balaban J connectivity index is 1.78. The fourth-order valence-corrected chi connectivity index (χ4v) is 4.35. The molecule has 0 radical (unpaired) electrons. The fraction of sp³-hybridized carbons (Fsp3) is 0.250. The predicted octanol–water partition coefficient (Wildman–Crippen LogP) is 6.37. The van der Waals surface area contributed by atoms with Crippen LogP contribution in [-0.4, -0.2) is 15.4 Å². The second kappa shape index (κ2) is 9.22. The normalized spacial score (nSPS) is 11.1. The molecule has 0 saturated heterocycles. The second-order valence-corrected chi connectivity index (χ2v) is 8.06. The Morgan fingerprint density at radius 2 is 1.39 bits per heavy atom. The quantitative estimate of drug-likeness (QED) is 0.347. The molecule has 1 amide bonds. The van der Waals surface area contributed by atoms with E-state index in [0.717, 1.165) is 40.9 Å². The lowest BCUT2D eigenvalue weighted by atomic mass is 10.1. The highest BCUT2D eigenvalue weighted by atomic mass is 16.2. The van der Waals surface area contributed by atoms with E-state index in [2.05, 4.69) is 67.8 Å². The van der Waals surface area contributed by atoms with Gasteiger partial charge in [0.15, 0.2) is 0 Å². The number of fused-ring (bicyclic) bond motifs is 1. The molecular weight excluding hydrogens is 380 g/mol. The van der Waals surface area contributed by atoms with Crippen LogP contribution in [0.3, 0.4) is 0 Å². The zero-order chi connectivity index (χ0) is 21.8. The van der Waals surface area contributed by atoms with Crippen LogP contribution in [0, 0.1) is 6.92 Å². The third-order valence-electron chi connectivity index (χ3n) is 6.03. The number of hydrogen-bond acceptors (Lipinski definition) is 1. The summed E-state index contributed by atoms with van der Waals surface area (Å²) >= 11 is 0. The van der Waals surface area contributed by atoms with Gasteiger partial charge < -0.3 is 9.47 Å². The van der Waals surface area contributed by atoms with Gasteiger partial charge in [-0.05, 0) is 54.7 Å². The number of aromatic nitrogens is 1. The molecule has 3 nitrogen and oxygen atoms in total. The molecule has 0 atom stereocenters. The number of carbonyl (C=O) groups is 1. The van der Waals surface area contributed by atoms with Crippen molar-refractivity contribution in [3.63, 3.8) is 0 Å². The molecule has 0 spiro atoms. The third-order valence-corrected chi connectivity index (χ3v) is 6.03. The van der Waals surface area contributed by atoms with Crippen LogP contribution >= 0.6 is 0 Å². The van der Waals surface area contributed by atoms with Crippen LogP contribution < -0.4 is 0 Å². The van der Waals surface area contributed by atoms with Gasteiger partial charge in [-0.3, -0.25) is 4.79 Å². The summed E-state index contributed by atoms with van der Waals surface area (Å²) in [5, 5.41) is 1.18. The highest BCUT2D eigenvalue weighted by Crippen LogP contribution is 2.29. The monoisotopic (exact) mass is 410 g/mol. The van der Waals surface area contributed by atoms with E-state index in [0.29, 0.717) is 13.1 Å². The fourth-order valence-electron chi connectivity index (χ4n) is 4.35. The summed E-state index contributed by atoms with van der Waals surface area (Å²) in [4.78, 5) is 16.0. The number of aryl methyl sites for hydroxylation is 3. The molecular formula is C28H30N2O. The maximum atomic E-state index is 14.0. The first-order valence-corrected chi connectivity index (χ1v) is 11.1. The van der Waals surface area contributed by atoms with Crippen molar-refractivity contribution in [3.8, 4) is 0 Å². The highest BCUT2D eigenvalue weighted by molar-refractivity contribution is 6.01. The number of nitrogens with zero attached hydrogens (tertiary/aromatic N) is 2. The maximum absolute atomic E-state index is 14.0. The molecule has 4 rings (SSSR count). The summed E-state index contributed by atoms with van der Waals surface area (Å²) in [6.07, 6.45) is 0.990. The molecule has 0 saturated carbocycles. The molecule has 31 heavy (non-hydrogen) atoms. The van der Waals surface area contributed by atoms with Crippen molar-refractivity contribution in [2.24, 2.45) is 0 Å². The van der Waals surface area contributed by atoms with E-state index in [4.69, 9.17) is 0 Å². The Morgan fingerprint density at radius 1 is 0.806 bits per heavy atom. The Kier molecular flexibility index (Phi) is 6.22. The van der Waals surface area contributed by atoms with Crippen LogP contribution in [0.2, 0.25) is 0 Å². The van der Waals surface area contributed by atoms with Gasteiger partial charge in [0.1, 0.15) is 5.69 Å². The molecule has 0 fully saturated rings. The smallest absolute Gasteiger partial charge is 0.271 e. The number of rotatable bonds is 7. The Labute approximate surface area is 184 Å². The van der Waals surface area contributed by atoms with Crippen molar-refractivity contribution < 1.29 is 4.79 Å². The number of hydrogen-bond donors (Lipinski definition) is 0. The Hall–Kier alpha value is -3.33. The third kappa shape index (κ3) is 4.27. The number of benzene rings is 3. The van der Waals surface area contributed by atoms with Gasteiger partial charge in [0.05, 0.1) is 0 Å². The first-order chi connectivity index (χ1) is 15.1. The van der Waals surface area contributed by atoms with Gasteiger partial charge in [0, 0.05) is 30.5 Å². The Bertz CT molecular complexity index is 1130. The van der Waals surface area contributed by atoms with Gasteiger partial charge >= 0.3 is 0 Å². The van der Waals surface area contributed by atoms with Gasteiger partial charge in [-0.15, -0.1) is 0 Å². The summed E-state index contributed by atoms with van der Waals surface area (Å²) in [6, 6.07) is 27.1. The average molecular weight is 411 g/mol. The lowest BCUT2D eigenvalue weighted by Gasteiger charge is -2.24. The van der Waals surface area contributed by atoms with Crippen molar-refractivity contribution in [1.29, 1.82) is 0 Å². The molecule has 0 aliphatic rings. The molecule has 0 bridgehead atoms. The molecule has 0 aliphatic carbocycles. The van der Waals surface area contributed by atoms with E-state index in [-0.39, 0.29) is 5.91 Å². The van der Waals surface area contributed by atoms with Crippen molar-refractivity contribution in [3.05, 3.63) is 107 Å². The molecule has 0 unspecified atom stereocenters. The standard InChI is InChI=1S/C28H30N2O/c1-4-22-16-17-26-25(18-22)21(3)27(30(26)5-2)28(31)29(19-23-12-8-6-9-13-23)20-24-14-10-7-11-15-24/h6-18H,4-5,19-20H2,1-3H3. The number of amides is 1. The van der Waals surface area contributed by atoms with Crippen LogP contribution in [0.25, 0.3) is 10.9 Å². The van der Waals surface area contributed by atoms with E-state index in [9.17, 15) is 4.79 Å². The van der Waals surface area contributed by atoms with Crippen LogP contribution in [0.5, 0.6) is 0 Å². The first kappa shape index (κ1) is 20.9. The maximum Gasteiger partial charge on any atom is 0.271 e. The van der Waals surface area contributed by atoms with Crippen LogP contribution in [0.15, 0.2) is 78.9 Å². The lowest BCUT2D eigenvalue weighted by Crippen LogP contribution is -2.32. The average Bonchev–Trinajstić information content (AvgIpc) is 3.10. The molecule has 158 valence electrons. The molecule has 1 heterocycles. The predicted molar refractivity (Wildman–Crippen MR) is 128 cm³/mol. The summed E-state index contributed by atoms with van der Waals surface area (Å²) in [6.45, 7) is 8.30. The summed E-state index contributed by atoms with van der Waals surface area (Å²) in [7, 11) is 0. The van der Waals surface area contributed by atoms with Gasteiger partial charge in [-0.1, -0.05) is 73.7 Å². The Morgan fingerprint density at radius 3 is 1.90 bits per heavy atom. The van der Waals surface area contributed by atoms with Crippen LogP contribution in [0.1, 0.15) is 46.6 Å². The number of carbonyl (C=O) groups excluding carboxylic acids is 1. The van der Waals surface area contributed by atoms with Gasteiger partial charge in [0.2, 0.25) is 0 Å². The van der Waals surface area contributed by atoms with Gasteiger partial charge in [0.25, 0.3) is 5.91 Å². The van der Waals surface area contributed by atoms with Crippen molar-refractivity contribution in [2.75, 3.05) is 0 Å². The van der Waals surface area contributed by atoms with Gasteiger partial charge in [-0.25, -0.2) is 0 Å². The van der Waals surface area contributed by atoms with Crippen LogP contribution in [0.4, 0.5) is 0 Å². The lowest BCUT2D eigenvalue weighted by molar-refractivity contribution is 0.0719. The molecule has 3 heteroatoms. The van der Waals surface area contributed by atoms with Gasteiger partial charge in [-0.2, -0.15) is 0 Å². The van der Waals surface area contributed by atoms with E-state index >= 15 is 0 Å². The summed E-state index contributed by atoms with van der Waals surface area (Å²) in [5.74, 6) is 0.0845. The minimum Gasteiger partial charge on any atom is -0.337 e. The molecule has 1 aromatic heterocycles. The van der Waals surface area contributed by atoms with E-state index in [1.54, 1.807) is 0 Å². The minimum atomic E-state index is 0.0845. The second-order valence-electron chi connectivity index (χ2n) is 8.06. The topological polar surface area (TPSA) is 25.2 Å². The van der Waals surface area contributed by atoms with Crippen molar-refractivity contribution in [1.82, 2.24) is 9.47 Å². The largest absolute Gasteiger partial charge is 0.337 e. The van der Waals surface area contributed by atoms with Crippen LogP contribution in [-0.2, 0) is 26.1 Å². The SMILES string of the molecule is CCc1ccc2c(c1)c(C)c(C(=O)N(Cc1ccccc1)Cc1ccccc1)n2CC. The zero-order valence-electron chi connectivity index (χ0n) is 18.6. The molecule has 0 aliphatic heterocycles. The molecule has 4 aromatic rings. The van der Waals surface area contributed by atoms with Crippen molar-refractivity contribution in [2.45, 2.75) is 46.8 Å². The summed E-state index contributed by atoms with van der Waals surface area (Å²) in [5.41, 5.74) is 6.59. The van der Waals surface area contributed by atoms with E-state index in [1.165, 1.54) is 10.9 Å². The first-order valence-electron chi connectivity index (χ1n) is 11.1. The van der Waals surface area contributed by atoms with E-state index < -0.39 is 0 Å². The molecule has 3 aromatic carbocycles. The highest BCUT2D eigenvalue weighted by Gasteiger charge is 2.25. The van der Waals surface area contributed by atoms with E-state index in [1.807, 2.05) is 41.3 Å².